The zero-order chi connectivity index (χ0) is 14.0. The summed E-state index contributed by atoms with van der Waals surface area (Å²) in [4.78, 5) is 13.9. The number of hydrogen-bond donors (Lipinski definition) is 1. The second kappa shape index (κ2) is 5.33. The van der Waals surface area contributed by atoms with Gasteiger partial charge in [-0.1, -0.05) is 26.0 Å². The normalized spacial score (nSPS) is 22.9. The molecule has 19 heavy (non-hydrogen) atoms. The third kappa shape index (κ3) is 3.57. The Bertz CT molecular complexity index is 468. The number of carbonyl (C=O) groups excluding carboxylic acids is 1. The molecule has 0 bridgehead atoms. The smallest absolute Gasteiger partial charge is 0.159 e. The predicted octanol–water partition coefficient (Wildman–Crippen LogP) is 2.71. The Morgan fingerprint density at radius 2 is 2.16 bits per heavy atom. The molecule has 1 heterocycles. The Morgan fingerprint density at radius 3 is 2.84 bits per heavy atom. The van der Waals surface area contributed by atoms with Crippen molar-refractivity contribution >= 4 is 11.5 Å². The van der Waals surface area contributed by atoms with Gasteiger partial charge in [-0.05, 0) is 31.4 Å². The average Bonchev–Trinajstić information content (AvgIpc) is 2.48. The fourth-order valence-corrected chi connectivity index (χ4v) is 2.60. The number of nitrogens with zero attached hydrogens (tertiary/aromatic N) is 1. The third-order valence-corrected chi connectivity index (χ3v) is 3.66. The standard InChI is InChI=1S/C16H24N2O/c1-12-9-18(11-16(3,4)10-17-12)15-7-5-6-14(8-15)13(2)19/h5-8,12,17H,9-11H2,1-4H3. The van der Waals surface area contributed by atoms with E-state index in [1.54, 1.807) is 6.92 Å². The van der Waals surface area contributed by atoms with Crippen LogP contribution in [-0.4, -0.2) is 31.5 Å². The molecule has 1 atom stereocenters. The molecule has 1 unspecified atom stereocenters. The first-order chi connectivity index (χ1) is 8.87. The largest absolute Gasteiger partial charge is 0.369 e. The van der Waals surface area contributed by atoms with Crippen LogP contribution in [0, 0.1) is 5.41 Å². The summed E-state index contributed by atoms with van der Waals surface area (Å²) in [5.74, 6) is 0.127. The molecule has 104 valence electrons. The zero-order valence-electron chi connectivity index (χ0n) is 12.4. The molecule has 1 N–H and O–H groups in total. The van der Waals surface area contributed by atoms with Crippen LogP contribution in [0.15, 0.2) is 24.3 Å². The lowest BCUT2D eigenvalue weighted by atomic mass is 9.93. The van der Waals surface area contributed by atoms with Gasteiger partial charge in [-0.3, -0.25) is 4.79 Å². The van der Waals surface area contributed by atoms with Crippen LogP contribution in [0.3, 0.4) is 0 Å². The number of Topliss-reactive ketones (excluding diaryl/α,β-unsaturated/α-hetero) is 1. The van der Waals surface area contributed by atoms with E-state index < -0.39 is 0 Å². The van der Waals surface area contributed by atoms with Gasteiger partial charge in [0.2, 0.25) is 0 Å². The Hall–Kier alpha value is -1.35. The molecule has 1 aliphatic heterocycles. The lowest BCUT2D eigenvalue weighted by Gasteiger charge is -2.31. The molecule has 0 radical (unpaired) electrons. The number of carbonyl (C=O) groups is 1. The first-order valence-corrected chi connectivity index (χ1v) is 6.97. The maximum Gasteiger partial charge on any atom is 0.159 e. The highest BCUT2D eigenvalue weighted by Crippen LogP contribution is 2.25. The van der Waals surface area contributed by atoms with Crippen molar-refractivity contribution in [2.75, 3.05) is 24.5 Å². The SMILES string of the molecule is CC(=O)c1cccc(N2CC(C)NCC(C)(C)C2)c1. The van der Waals surface area contributed by atoms with E-state index in [9.17, 15) is 4.79 Å². The maximum atomic E-state index is 11.5. The second-order valence-corrected chi connectivity index (χ2v) is 6.43. The van der Waals surface area contributed by atoms with Crippen molar-refractivity contribution in [3.05, 3.63) is 29.8 Å². The molecule has 0 aromatic heterocycles. The van der Waals surface area contributed by atoms with Crippen LogP contribution < -0.4 is 10.2 Å². The Labute approximate surface area is 116 Å². The molecule has 3 heteroatoms. The van der Waals surface area contributed by atoms with Gasteiger partial charge in [-0.15, -0.1) is 0 Å². The van der Waals surface area contributed by atoms with Crippen LogP contribution in [0.2, 0.25) is 0 Å². The minimum absolute atomic E-state index is 0.127. The molecule has 1 aliphatic rings. The lowest BCUT2D eigenvalue weighted by molar-refractivity contribution is 0.101. The summed E-state index contributed by atoms with van der Waals surface area (Å²) in [5.41, 5.74) is 2.17. The second-order valence-electron chi connectivity index (χ2n) is 6.43. The Balaban J connectivity index is 2.28. The number of ketones is 1. The van der Waals surface area contributed by atoms with Gasteiger partial charge in [-0.25, -0.2) is 0 Å². The number of anilines is 1. The van der Waals surface area contributed by atoms with E-state index in [1.165, 1.54) is 0 Å². The Kier molecular flexibility index (Phi) is 3.95. The molecule has 2 rings (SSSR count). The summed E-state index contributed by atoms with van der Waals surface area (Å²) in [7, 11) is 0. The van der Waals surface area contributed by atoms with Crippen molar-refractivity contribution in [1.82, 2.24) is 5.32 Å². The first-order valence-electron chi connectivity index (χ1n) is 6.97. The summed E-state index contributed by atoms with van der Waals surface area (Å²) in [6.07, 6.45) is 0. The van der Waals surface area contributed by atoms with Gasteiger partial charge < -0.3 is 10.2 Å². The van der Waals surface area contributed by atoms with E-state index in [2.05, 4.69) is 37.1 Å². The van der Waals surface area contributed by atoms with Crippen LogP contribution in [0.4, 0.5) is 5.69 Å². The molecule has 1 saturated heterocycles. The molecule has 0 aliphatic carbocycles. The maximum absolute atomic E-state index is 11.5. The zero-order valence-corrected chi connectivity index (χ0v) is 12.4. The third-order valence-electron chi connectivity index (χ3n) is 3.66. The molecule has 1 aromatic rings. The number of rotatable bonds is 2. The fraction of sp³-hybridized carbons (Fsp3) is 0.562. The van der Waals surface area contributed by atoms with Gasteiger partial charge >= 0.3 is 0 Å². The van der Waals surface area contributed by atoms with Crippen LogP contribution in [0.5, 0.6) is 0 Å². The lowest BCUT2D eigenvalue weighted by Crippen LogP contribution is -2.35. The quantitative estimate of drug-likeness (QED) is 0.830. The fourth-order valence-electron chi connectivity index (χ4n) is 2.60. The minimum Gasteiger partial charge on any atom is -0.369 e. The van der Waals surface area contributed by atoms with Crippen molar-refractivity contribution in [2.45, 2.75) is 33.7 Å². The summed E-state index contributed by atoms with van der Waals surface area (Å²) >= 11 is 0. The van der Waals surface area contributed by atoms with Crippen LogP contribution in [0.25, 0.3) is 0 Å². The predicted molar refractivity (Wildman–Crippen MR) is 79.9 cm³/mol. The van der Waals surface area contributed by atoms with Crippen LogP contribution in [0.1, 0.15) is 38.1 Å². The summed E-state index contributed by atoms with van der Waals surface area (Å²) in [6.45, 7) is 11.4. The molecule has 1 aromatic carbocycles. The average molecular weight is 260 g/mol. The summed E-state index contributed by atoms with van der Waals surface area (Å²) in [6, 6.07) is 8.43. The van der Waals surface area contributed by atoms with Crippen molar-refractivity contribution < 1.29 is 4.79 Å². The minimum atomic E-state index is 0.127. The Morgan fingerprint density at radius 1 is 1.42 bits per heavy atom. The van der Waals surface area contributed by atoms with Gasteiger partial charge in [0.1, 0.15) is 0 Å². The van der Waals surface area contributed by atoms with Crippen molar-refractivity contribution in [2.24, 2.45) is 5.41 Å². The molecule has 0 saturated carbocycles. The van der Waals surface area contributed by atoms with E-state index in [1.807, 2.05) is 18.2 Å². The topological polar surface area (TPSA) is 32.3 Å². The van der Waals surface area contributed by atoms with Crippen LogP contribution in [-0.2, 0) is 0 Å². The molecule has 0 spiro atoms. The summed E-state index contributed by atoms with van der Waals surface area (Å²) in [5, 5.41) is 3.56. The van der Waals surface area contributed by atoms with Crippen molar-refractivity contribution in [3.63, 3.8) is 0 Å². The summed E-state index contributed by atoms with van der Waals surface area (Å²) < 4.78 is 0. The number of nitrogens with one attached hydrogen (secondary N) is 1. The monoisotopic (exact) mass is 260 g/mol. The van der Waals surface area contributed by atoms with Gasteiger partial charge in [0.25, 0.3) is 0 Å². The van der Waals surface area contributed by atoms with E-state index in [-0.39, 0.29) is 11.2 Å². The molecule has 0 amide bonds. The number of benzene rings is 1. The van der Waals surface area contributed by atoms with Gasteiger partial charge in [-0.2, -0.15) is 0 Å². The number of hydrogen-bond acceptors (Lipinski definition) is 3. The van der Waals surface area contributed by atoms with Gasteiger partial charge in [0, 0.05) is 36.9 Å². The van der Waals surface area contributed by atoms with E-state index in [0.29, 0.717) is 6.04 Å². The van der Waals surface area contributed by atoms with Crippen LogP contribution >= 0.6 is 0 Å². The van der Waals surface area contributed by atoms with E-state index in [4.69, 9.17) is 0 Å². The molecule has 1 fully saturated rings. The van der Waals surface area contributed by atoms with E-state index in [0.717, 1.165) is 30.9 Å². The molecular formula is C16H24N2O. The van der Waals surface area contributed by atoms with Gasteiger partial charge in [0.05, 0.1) is 0 Å². The van der Waals surface area contributed by atoms with E-state index >= 15 is 0 Å². The first kappa shape index (κ1) is 14.1. The molecule has 3 nitrogen and oxygen atoms in total. The highest BCUT2D eigenvalue weighted by atomic mass is 16.1. The van der Waals surface area contributed by atoms with Crippen molar-refractivity contribution in [3.8, 4) is 0 Å². The van der Waals surface area contributed by atoms with Crippen molar-refractivity contribution in [1.29, 1.82) is 0 Å². The molecular weight excluding hydrogens is 236 g/mol. The highest BCUT2D eigenvalue weighted by molar-refractivity contribution is 5.95. The van der Waals surface area contributed by atoms with Gasteiger partial charge in [0.15, 0.2) is 5.78 Å². The highest BCUT2D eigenvalue weighted by Gasteiger charge is 2.27.